The normalized spacial score (nSPS) is 10.3. The van der Waals surface area contributed by atoms with E-state index >= 15 is 0 Å². The van der Waals surface area contributed by atoms with Gasteiger partial charge in [-0.25, -0.2) is 0 Å². The Morgan fingerprint density at radius 2 is 1.80 bits per heavy atom. The van der Waals surface area contributed by atoms with E-state index < -0.39 is 0 Å². The van der Waals surface area contributed by atoms with E-state index in [1.807, 2.05) is 6.92 Å². The Morgan fingerprint density at radius 3 is 2.35 bits per heavy atom. The molecule has 0 radical (unpaired) electrons. The van der Waals surface area contributed by atoms with Crippen LogP contribution in [0, 0.1) is 6.92 Å². The monoisotopic (exact) mass is 310 g/mol. The number of halogens is 2. The molecular formula is C14H12Cl2N2O2. The highest BCUT2D eigenvalue weighted by molar-refractivity contribution is 6.37. The average Bonchev–Trinajstić information content (AvgIpc) is 2.39. The van der Waals surface area contributed by atoms with Crippen LogP contribution in [0.15, 0.2) is 30.3 Å². The van der Waals surface area contributed by atoms with E-state index in [9.17, 15) is 9.90 Å². The number of hydrogen-bond donors (Lipinski definition) is 3. The lowest BCUT2D eigenvalue weighted by Crippen LogP contribution is -2.12. The summed E-state index contributed by atoms with van der Waals surface area (Å²) in [7, 11) is 0. The van der Waals surface area contributed by atoms with Crippen LogP contribution >= 0.6 is 23.2 Å². The Bertz CT molecular complexity index is 664. The third-order valence-electron chi connectivity index (χ3n) is 2.81. The summed E-state index contributed by atoms with van der Waals surface area (Å²) in [6, 6.07) is 7.83. The van der Waals surface area contributed by atoms with Crippen molar-refractivity contribution in [3.8, 4) is 5.75 Å². The third-order valence-corrected chi connectivity index (χ3v) is 3.38. The molecule has 0 aliphatic rings. The molecule has 0 heterocycles. The molecule has 0 bridgehead atoms. The van der Waals surface area contributed by atoms with Crippen LogP contribution in [0.2, 0.25) is 10.0 Å². The molecule has 0 aromatic heterocycles. The summed E-state index contributed by atoms with van der Waals surface area (Å²) >= 11 is 11.6. The first-order chi connectivity index (χ1) is 9.38. The van der Waals surface area contributed by atoms with Gasteiger partial charge in [0.15, 0.2) is 5.75 Å². The molecule has 0 saturated carbocycles. The Hall–Kier alpha value is -1.91. The van der Waals surface area contributed by atoms with E-state index in [-0.39, 0.29) is 21.7 Å². The average molecular weight is 311 g/mol. The van der Waals surface area contributed by atoms with E-state index in [0.717, 1.165) is 5.56 Å². The number of carbonyl (C=O) groups excluding carboxylic acids is 1. The lowest BCUT2D eigenvalue weighted by molar-refractivity contribution is 0.102. The molecule has 0 spiro atoms. The highest BCUT2D eigenvalue weighted by Gasteiger charge is 2.11. The molecule has 2 aromatic carbocycles. The zero-order valence-electron chi connectivity index (χ0n) is 10.6. The lowest BCUT2D eigenvalue weighted by atomic mass is 10.1. The van der Waals surface area contributed by atoms with Crippen LogP contribution in [-0.2, 0) is 0 Å². The molecule has 0 aliphatic carbocycles. The van der Waals surface area contributed by atoms with Gasteiger partial charge in [0.05, 0.1) is 10.0 Å². The molecule has 0 unspecified atom stereocenters. The molecule has 0 saturated heterocycles. The van der Waals surface area contributed by atoms with Crippen LogP contribution in [0.3, 0.4) is 0 Å². The zero-order chi connectivity index (χ0) is 14.9. The summed E-state index contributed by atoms with van der Waals surface area (Å²) in [5.41, 5.74) is 8.01. The predicted molar refractivity (Wildman–Crippen MR) is 81.7 cm³/mol. The number of nitrogen functional groups attached to an aromatic ring is 1. The lowest BCUT2D eigenvalue weighted by Gasteiger charge is -2.09. The van der Waals surface area contributed by atoms with Gasteiger partial charge < -0.3 is 16.2 Å². The highest BCUT2D eigenvalue weighted by atomic mass is 35.5. The number of phenolic OH excluding ortho intramolecular Hbond substituents is 1. The van der Waals surface area contributed by atoms with Gasteiger partial charge in [0.25, 0.3) is 5.91 Å². The minimum absolute atomic E-state index is 0.0706. The number of hydrogen-bond acceptors (Lipinski definition) is 3. The maximum absolute atomic E-state index is 12.1. The van der Waals surface area contributed by atoms with Crippen molar-refractivity contribution in [3.05, 3.63) is 51.5 Å². The fourth-order valence-corrected chi connectivity index (χ4v) is 2.14. The molecule has 4 nitrogen and oxygen atoms in total. The molecule has 0 aliphatic heterocycles. The van der Waals surface area contributed by atoms with Crippen molar-refractivity contribution in [1.82, 2.24) is 0 Å². The van der Waals surface area contributed by atoms with Gasteiger partial charge >= 0.3 is 0 Å². The summed E-state index contributed by atoms with van der Waals surface area (Å²) in [5.74, 6) is -0.527. The number of benzene rings is 2. The Morgan fingerprint density at radius 1 is 1.20 bits per heavy atom. The number of amides is 1. The summed E-state index contributed by atoms with van der Waals surface area (Å²) < 4.78 is 0. The van der Waals surface area contributed by atoms with Gasteiger partial charge in [-0.15, -0.1) is 0 Å². The number of nitrogens with two attached hydrogens (primary N) is 1. The topological polar surface area (TPSA) is 75.3 Å². The van der Waals surface area contributed by atoms with Crippen LogP contribution in [-0.4, -0.2) is 11.0 Å². The second kappa shape index (κ2) is 5.61. The summed E-state index contributed by atoms with van der Waals surface area (Å²) in [4.78, 5) is 12.1. The smallest absolute Gasteiger partial charge is 0.255 e. The van der Waals surface area contributed by atoms with Crippen LogP contribution in [0.4, 0.5) is 11.4 Å². The van der Waals surface area contributed by atoms with Gasteiger partial charge in [-0.2, -0.15) is 0 Å². The summed E-state index contributed by atoms with van der Waals surface area (Å²) in [6.07, 6.45) is 0. The standard InChI is InChI=1S/C14H12Cl2N2O2/c1-7-4-8(2-3-12(7)17)14(20)18-9-5-10(15)13(19)11(16)6-9/h2-6,19H,17H2,1H3,(H,18,20). The molecule has 0 fully saturated rings. The van der Waals surface area contributed by atoms with Gasteiger partial charge in [-0.1, -0.05) is 23.2 Å². The van der Waals surface area contributed by atoms with E-state index in [0.29, 0.717) is 16.9 Å². The fourth-order valence-electron chi connectivity index (χ4n) is 1.66. The Balaban J connectivity index is 2.25. The number of aryl methyl sites for hydroxylation is 1. The van der Waals surface area contributed by atoms with Crippen molar-refractivity contribution in [2.75, 3.05) is 11.1 Å². The van der Waals surface area contributed by atoms with Crippen LogP contribution < -0.4 is 11.1 Å². The van der Waals surface area contributed by atoms with Gasteiger partial charge in [-0.05, 0) is 42.8 Å². The van der Waals surface area contributed by atoms with Crippen molar-refractivity contribution in [2.45, 2.75) is 6.92 Å². The maximum Gasteiger partial charge on any atom is 0.255 e. The Labute approximate surface area is 126 Å². The van der Waals surface area contributed by atoms with E-state index in [2.05, 4.69) is 5.32 Å². The number of carbonyl (C=O) groups is 1. The number of rotatable bonds is 2. The summed E-state index contributed by atoms with van der Waals surface area (Å²) in [6.45, 7) is 1.82. The first-order valence-corrected chi connectivity index (χ1v) is 6.49. The maximum atomic E-state index is 12.1. The fraction of sp³-hybridized carbons (Fsp3) is 0.0714. The van der Waals surface area contributed by atoms with Crippen molar-refractivity contribution < 1.29 is 9.90 Å². The first-order valence-electron chi connectivity index (χ1n) is 5.74. The number of phenols is 1. The third kappa shape index (κ3) is 2.98. The molecule has 104 valence electrons. The molecule has 2 rings (SSSR count). The van der Waals surface area contributed by atoms with Crippen molar-refractivity contribution >= 4 is 40.5 Å². The van der Waals surface area contributed by atoms with Crippen molar-refractivity contribution in [1.29, 1.82) is 0 Å². The molecule has 6 heteroatoms. The Kier molecular flexibility index (Phi) is 4.06. The first kappa shape index (κ1) is 14.5. The van der Waals surface area contributed by atoms with Gasteiger partial charge in [-0.3, -0.25) is 4.79 Å². The van der Waals surface area contributed by atoms with E-state index in [1.165, 1.54) is 12.1 Å². The highest BCUT2D eigenvalue weighted by Crippen LogP contribution is 2.34. The van der Waals surface area contributed by atoms with E-state index in [4.69, 9.17) is 28.9 Å². The minimum atomic E-state index is -0.314. The second-order valence-electron chi connectivity index (χ2n) is 4.31. The molecule has 20 heavy (non-hydrogen) atoms. The predicted octanol–water partition coefficient (Wildman–Crippen LogP) is 3.84. The number of aromatic hydroxyl groups is 1. The SMILES string of the molecule is Cc1cc(C(=O)Nc2cc(Cl)c(O)c(Cl)c2)ccc1N. The van der Waals surface area contributed by atoms with Crippen LogP contribution in [0.25, 0.3) is 0 Å². The molecule has 2 aromatic rings. The quantitative estimate of drug-likeness (QED) is 0.582. The van der Waals surface area contributed by atoms with E-state index in [1.54, 1.807) is 18.2 Å². The molecule has 0 atom stereocenters. The van der Waals surface area contributed by atoms with Crippen molar-refractivity contribution in [2.24, 2.45) is 0 Å². The summed E-state index contributed by atoms with van der Waals surface area (Å²) in [5, 5.41) is 12.3. The van der Waals surface area contributed by atoms with Gasteiger partial charge in [0, 0.05) is 16.9 Å². The van der Waals surface area contributed by atoms with Crippen LogP contribution in [0.5, 0.6) is 5.75 Å². The van der Waals surface area contributed by atoms with Gasteiger partial charge in [0.1, 0.15) is 0 Å². The zero-order valence-corrected chi connectivity index (χ0v) is 12.1. The minimum Gasteiger partial charge on any atom is -0.505 e. The van der Waals surface area contributed by atoms with Crippen molar-refractivity contribution in [3.63, 3.8) is 0 Å². The van der Waals surface area contributed by atoms with Gasteiger partial charge in [0.2, 0.25) is 0 Å². The number of anilines is 2. The largest absolute Gasteiger partial charge is 0.505 e. The number of nitrogens with one attached hydrogen (secondary N) is 1. The van der Waals surface area contributed by atoms with Crippen LogP contribution in [0.1, 0.15) is 15.9 Å². The second-order valence-corrected chi connectivity index (χ2v) is 5.13. The molecular weight excluding hydrogens is 299 g/mol. The molecule has 4 N–H and O–H groups in total. The molecule has 1 amide bonds.